The Hall–Kier alpha value is -3.48. The first-order valence-electron chi connectivity index (χ1n) is 10.3. The molecule has 4 aromatic rings. The van der Waals surface area contributed by atoms with E-state index in [1.807, 2.05) is 52.4 Å². The number of hydrogen-bond donors (Lipinski definition) is 2. The van der Waals surface area contributed by atoms with Crippen LogP contribution < -0.4 is 17.0 Å². The number of nitrogens with one attached hydrogen (secondary N) is 1. The first kappa shape index (κ1) is 23.7. The molecule has 3 aromatic heterocycles. The van der Waals surface area contributed by atoms with Crippen LogP contribution in [0.25, 0.3) is 10.7 Å². The number of carbonyl (C=O) groups excluding carboxylic acids is 1. The zero-order valence-electron chi connectivity index (χ0n) is 18.3. The fourth-order valence-electron chi connectivity index (χ4n) is 3.36. The van der Waals surface area contributed by atoms with Gasteiger partial charge in [0.1, 0.15) is 11.4 Å². The minimum Gasteiger partial charge on any atom is -0.384 e. The summed E-state index contributed by atoms with van der Waals surface area (Å²) >= 11 is 2.70. The number of thioether (sulfide) groups is 1. The van der Waals surface area contributed by atoms with Crippen molar-refractivity contribution in [1.29, 1.82) is 0 Å². The highest BCUT2D eigenvalue weighted by atomic mass is 32.2. The van der Waals surface area contributed by atoms with Crippen molar-refractivity contribution in [3.63, 3.8) is 0 Å². The van der Waals surface area contributed by atoms with Gasteiger partial charge in [0.15, 0.2) is 16.8 Å². The topological polar surface area (TPSA) is 138 Å². The van der Waals surface area contributed by atoms with E-state index in [0.717, 1.165) is 26.8 Å². The number of aromatic nitrogens is 5. The van der Waals surface area contributed by atoms with Gasteiger partial charge in [-0.25, -0.2) is 4.79 Å². The molecule has 3 N–H and O–H groups in total. The third-order valence-electron chi connectivity index (χ3n) is 5.01. The molecule has 0 bridgehead atoms. The van der Waals surface area contributed by atoms with Crippen molar-refractivity contribution < 1.29 is 9.53 Å². The lowest BCUT2D eigenvalue weighted by Crippen LogP contribution is -2.37. The van der Waals surface area contributed by atoms with E-state index >= 15 is 0 Å². The van der Waals surface area contributed by atoms with Crippen LogP contribution in [0.1, 0.15) is 15.9 Å². The Kier molecular flexibility index (Phi) is 7.40. The van der Waals surface area contributed by atoms with E-state index in [1.165, 1.54) is 7.11 Å². The molecule has 4 rings (SSSR count). The van der Waals surface area contributed by atoms with Crippen LogP contribution in [0.4, 0.5) is 5.82 Å². The number of hydrogen-bond acceptors (Lipinski definition) is 9. The predicted molar refractivity (Wildman–Crippen MR) is 132 cm³/mol. The van der Waals surface area contributed by atoms with E-state index in [4.69, 9.17) is 10.5 Å². The number of methoxy groups -OCH3 is 1. The highest BCUT2D eigenvalue weighted by Gasteiger charge is 2.22. The fourth-order valence-corrected chi connectivity index (χ4v) is 4.88. The number of H-pyrrole nitrogens is 1. The molecule has 0 aliphatic heterocycles. The van der Waals surface area contributed by atoms with Crippen molar-refractivity contribution in [2.24, 2.45) is 0 Å². The van der Waals surface area contributed by atoms with Crippen LogP contribution in [0.15, 0.2) is 62.6 Å². The molecule has 176 valence electrons. The Balaban J connectivity index is 1.61. The van der Waals surface area contributed by atoms with Gasteiger partial charge in [0.2, 0.25) is 0 Å². The monoisotopic (exact) mass is 498 g/mol. The summed E-state index contributed by atoms with van der Waals surface area (Å²) in [4.78, 5) is 40.5. The molecule has 0 aliphatic rings. The van der Waals surface area contributed by atoms with Crippen molar-refractivity contribution in [3.05, 3.63) is 79.8 Å². The van der Waals surface area contributed by atoms with Gasteiger partial charge in [-0.1, -0.05) is 48.2 Å². The average Bonchev–Trinajstić information content (AvgIpc) is 3.48. The highest BCUT2D eigenvalue weighted by molar-refractivity contribution is 7.99. The smallest absolute Gasteiger partial charge is 0.330 e. The second-order valence-corrected chi connectivity index (χ2v) is 9.12. The molecule has 0 saturated heterocycles. The largest absolute Gasteiger partial charge is 0.384 e. The van der Waals surface area contributed by atoms with Crippen molar-refractivity contribution in [3.8, 4) is 10.7 Å². The van der Waals surface area contributed by atoms with Gasteiger partial charge in [0, 0.05) is 7.11 Å². The van der Waals surface area contributed by atoms with Gasteiger partial charge in [-0.2, -0.15) is 0 Å². The number of nitrogen functional groups attached to an aromatic ring is 1. The summed E-state index contributed by atoms with van der Waals surface area (Å²) in [6, 6.07) is 13.7. The first-order chi connectivity index (χ1) is 16.5. The minimum absolute atomic E-state index is 0.104. The van der Waals surface area contributed by atoms with E-state index in [2.05, 4.69) is 15.2 Å². The number of aromatic amines is 1. The Morgan fingerprint density at radius 3 is 2.65 bits per heavy atom. The van der Waals surface area contributed by atoms with Gasteiger partial charge in [-0.15, -0.1) is 21.5 Å². The molecule has 10 nitrogen and oxygen atoms in total. The molecule has 1 aromatic carbocycles. The lowest BCUT2D eigenvalue weighted by Gasteiger charge is -2.12. The number of thiophene rings is 1. The first-order valence-corrected chi connectivity index (χ1v) is 12.1. The molecule has 34 heavy (non-hydrogen) atoms. The maximum absolute atomic E-state index is 13.0. The molecule has 0 unspecified atom stereocenters. The van der Waals surface area contributed by atoms with Crippen LogP contribution in [0.5, 0.6) is 0 Å². The molecule has 0 amide bonds. The lowest BCUT2D eigenvalue weighted by atomic mass is 10.2. The average molecular weight is 499 g/mol. The van der Waals surface area contributed by atoms with E-state index in [1.54, 1.807) is 11.3 Å². The highest BCUT2D eigenvalue weighted by Crippen LogP contribution is 2.28. The molecule has 0 saturated carbocycles. The summed E-state index contributed by atoms with van der Waals surface area (Å²) in [6.07, 6.45) is 0. The normalized spacial score (nSPS) is 11.1. The van der Waals surface area contributed by atoms with E-state index in [9.17, 15) is 14.4 Å². The van der Waals surface area contributed by atoms with Crippen LogP contribution in [-0.2, 0) is 17.8 Å². The quantitative estimate of drug-likeness (QED) is 0.250. The summed E-state index contributed by atoms with van der Waals surface area (Å²) in [6.45, 7) is 0.829. The van der Waals surface area contributed by atoms with E-state index < -0.39 is 17.0 Å². The zero-order chi connectivity index (χ0) is 24.1. The molecule has 0 atom stereocenters. The van der Waals surface area contributed by atoms with Crippen LogP contribution in [0, 0.1) is 0 Å². The fraction of sp³-hybridized carbons (Fsp3) is 0.227. The third-order valence-corrected chi connectivity index (χ3v) is 6.84. The number of nitrogens with zero attached hydrogens (tertiary/aromatic N) is 4. The summed E-state index contributed by atoms with van der Waals surface area (Å²) in [5.74, 6) is -0.102. The Morgan fingerprint density at radius 2 is 1.94 bits per heavy atom. The Morgan fingerprint density at radius 1 is 1.15 bits per heavy atom. The second-order valence-electron chi connectivity index (χ2n) is 7.23. The Labute approximate surface area is 202 Å². The van der Waals surface area contributed by atoms with Crippen LogP contribution >= 0.6 is 23.1 Å². The standard InChI is InChI=1S/C22H22N6O4S2/c1-32-10-9-27-18(23)17(20(30)24-21(27)31)15(29)13-34-22-26-25-19(16-8-5-11-33-16)28(22)12-14-6-3-2-4-7-14/h2-8,11H,9-10,12-13,23H2,1H3,(H,24,30,31). The van der Waals surface area contributed by atoms with E-state index in [0.29, 0.717) is 17.5 Å². The number of rotatable bonds is 10. The summed E-state index contributed by atoms with van der Waals surface area (Å²) in [7, 11) is 1.48. The number of ketones is 1. The van der Waals surface area contributed by atoms with Gasteiger partial charge >= 0.3 is 5.69 Å². The number of ether oxygens (including phenoxy) is 1. The van der Waals surface area contributed by atoms with Gasteiger partial charge in [-0.3, -0.25) is 23.7 Å². The van der Waals surface area contributed by atoms with E-state index in [-0.39, 0.29) is 30.3 Å². The van der Waals surface area contributed by atoms with Crippen LogP contribution in [-0.4, -0.2) is 49.6 Å². The number of nitrogens with two attached hydrogens (primary N) is 1. The van der Waals surface area contributed by atoms with Crippen molar-refractivity contribution in [2.45, 2.75) is 18.2 Å². The maximum atomic E-state index is 13.0. The van der Waals surface area contributed by atoms with Crippen molar-refractivity contribution >= 4 is 34.7 Å². The molecule has 0 spiro atoms. The van der Waals surface area contributed by atoms with Crippen molar-refractivity contribution in [1.82, 2.24) is 24.3 Å². The number of anilines is 1. The van der Waals surface area contributed by atoms with Gasteiger partial charge in [0.25, 0.3) is 5.56 Å². The van der Waals surface area contributed by atoms with Crippen LogP contribution in [0.3, 0.4) is 0 Å². The summed E-state index contributed by atoms with van der Waals surface area (Å²) in [5, 5.41) is 11.1. The van der Waals surface area contributed by atoms with Gasteiger partial charge in [0.05, 0.1) is 30.3 Å². The molecule has 3 heterocycles. The molecule has 0 aliphatic carbocycles. The molecular weight excluding hydrogens is 476 g/mol. The Bertz CT molecular complexity index is 1390. The summed E-state index contributed by atoms with van der Waals surface area (Å²) in [5.41, 5.74) is 5.32. The van der Waals surface area contributed by atoms with Gasteiger partial charge in [-0.05, 0) is 17.0 Å². The molecular formula is C22H22N6O4S2. The third kappa shape index (κ3) is 5.03. The molecule has 12 heteroatoms. The van der Waals surface area contributed by atoms with Crippen molar-refractivity contribution in [2.75, 3.05) is 25.2 Å². The SMILES string of the molecule is COCCn1c(N)c(C(=O)CSc2nnc(-c3cccs3)n2Cc2ccccc2)c(=O)[nH]c1=O. The number of carbonyl (C=O) groups is 1. The number of Topliss-reactive ketones (excluding diaryl/α,β-unsaturated/α-hetero) is 1. The second kappa shape index (κ2) is 10.6. The predicted octanol–water partition coefficient (Wildman–Crippen LogP) is 2.11. The molecule has 0 fully saturated rings. The summed E-state index contributed by atoms with van der Waals surface area (Å²) < 4.78 is 8.03. The number of benzene rings is 1. The molecule has 0 radical (unpaired) electrons. The zero-order valence-corrected chi connectivity index (χ0v) is 19.9. The minimum atomic E-state index is -0.813. The van der Waals surface area contributed by atoms with Crippen LogP contribution in [0.2, 0.25) is 0 Å². The maximum Gasteiger partial charge on any atom is 0.330 e. The van der Waals surface area contributed by atoms with Gasteiger partial charge < -0.3 is 10.5 Å². The lowest BCUT2D eigenvalue weighted by molar-refractivity contribution is 0.102.